The number of carbonyl (C=O) groups is 3. The Morgan fingerprint density at radius 1 is 1.21 bits per heavy atom. The monoisotopic (exact) mass is 278 g/mol. The Hall–Kier alpha value is -1.82. The Labute approximate surface area is 115 Å². The number of hydrogen-bond acceptors (Lipinski definition) is 4. The van der Waals surface area contributed by atoms with Crippen LogP contribution in [0.15, 0.2) is 29.2 Å². The summed E-state index contributed by atoms with van der Waals surface area (Å²) in [6.07, 6.45) is 0. The van der Waals surface area contributed by atoms with E-state index in [0.717, 1.165) is 10.5 Å². The SMILES string of the molecule is Cc1ccc(SCC(=O)N2CC(=O)NC(=O)C2)cc1. The number of imide groups is 1. The third-order valence-electron chi connectivity index (χ3n) is 2.68. The topological polar surface area (TPSA) is 66.5 Å². The zero-order valence-corrected chi connectivity index (χ0v) is 11.3. The first kappa shape index (κ1) is 13.6. The quantitative estimate of drug-likeness (QED) is 0.648. The minimum atomic E-state index is -0.426. The van der Waals surface area contributed by atoms with Gasteiger partial charge in [-0.25, -0.2) is 0 Å². The van der Waals surface area contributed by atoms with Gasteiger partial charge in [-0.2, -0.15) is 0 Å². The largest absolute Gasteiger partial charge is 0.323 e. The lowest BCUT2D eigenvalue weighted by Gasteiger charge is -2.25. The first-order valence-corrected chi connectivity index (χ1v) is 6.83. The Bertz CT molecular complexity index is 497. The number of nitrogens with one attached hydrogen (secondary N) is 1. The molecule has 0 unspecified atom stereocenters. The molecule has 1 aliphatic rings. The highest BCUT2D eigenvalue weighted by molar-refractivity contribution is 8.00. The zero-order chi connectivity index (χ0) is 13.8. The summed E-state index contributed by atoms with van der Waals surface area (Å²) in [6.45, 7) is 1.91. The van der Waals surface area contributed by atoms with Gasteiger partial charge in [-0.1, -0.05) is 17.7 Å². The smallest absolute Gasteiger partial charge is 0.246 e. The van der Waals surface area contributed by atoms with Crippen LogP contribution in [0.25, 0.3) is 0 Å². The highest BCUT2D eigenvalue weighted by atomic mass is 32.2. The van der Waals surface area contributed by atoms with Crippen molar-refractivity contribution in [2.75, 3.05) is 18.8 Å². The summed E-state index contributed by atoms with van der Waals surface area (Å²) in [5, 5.41) is 2.17. The third-order valence-corrected chi connectivity index (χ3v) is 3.68. The molecule has 19 heavy (non-hydrogen) atoms. The first-order valence-electron chi connectivity index (χ1n) is 5.84. The fraction of sp³-hybridized carbons (Fsp3) is 0.308. The van der Waals surface area contributed by atoms with Gasteiger partial charge in [-0.3, -0.25) is 19.7 Å². The predicted octanol–water partition coefficient (Wildman–Crippen LogP) is 0.572. The lowest BCUT2D eigenvalue weighted by molar-refractivity contribution is -0.144. The molecule has 0 saturated carbocycles. The highest BCUT2D eigenvalue weighted by Crippen LogP contribution is 2.18. The molecular formula is C13H14N2O3S. The Balaban J connectivity index is 1.88. The Kier molecular flexibility index (Phi) is 4.21. The van der Waals surface area contributed by atoms with Crippen LogP contribution in [0.5, 0.6) is 0 Å². The van der Waals surface area contributed by atoms with Crippen LogP contribution < -0.4 is 5.32 Å². The van der Waals surface area contributed by atoms with Gasteiger partial charge in [0.25, 0.3) is 0 Å². The summed E-state index contributed by atoms with van der Waals surface area (Å²) in [4.78, 5) is 36.5. The number of aryl methyl sites for hydroxylation is 1. The molecule has 1 aliphatic heterocycles. The van der Waals surface area contributed by atoms with E-state index in [4.69, 9.17) is 0 Å². The minimum Gasteiger partial charge on any atom is -0.323 e. The van der Waals surface area contributed by atoms with Gasteiger partial charge in [0.2, 0.25) is 17.7 Å². The van der Waals surface area contributed by atoms with Gasteiger partial charge < -0.3 is 4.90 Å². The third kappa shape index (κ3) is 3.82. The van der Waals surface area contributed by atoms with Gasteiger partial charge in [0.05, 0.1) is 5.75 Å². The summed E-state index contributed by atoms with van der Waals surface area (Å²) in [7, 11) is 0. The molecule has 1 heterocycles. The van der Waals surface area contributed by atoms with Crippen LogP contribution in [-0.4, -0.2) is 41.5 Å². The number of nitrogens with zero attached hydrogens (tertiary/aromatic N) is 1. The molecule has 1 aromatic carbocycles. The van der Waals surface area contributed by atoms with Crippen LogP contribution in [0.1, 0.15) is 5.56 Å². The summed E-state index contributed by atoms with van der Waals surface area (Å²) in [5.41, 5.74) is 1.16. The second kappa shape index (κ2) is 5.88. The molecule has 5 nitrogen and oxygen atoms in total. The summed E-state index contributed by atoms with van der Waals surface area (Å²) < 4.78 is 0. The molecule has 2 rings (SSSR count). The number of thioether (sulfide) groups is 1. The van der Waals surface area contributed by atoms with E-state index in [9.17, 15) is 14.4 Å². The number of amides is 3. The van der Waals surface area contributed by atoms with Crippen molar-refractivity contribution in [3.63, 3.8) is 0 Å². The van der Waals surface area contributed by atoms with Crippen molar-refractivity contribution in [3.8, 4) is 0 Å². The van der Waals surface area contributed by atoms with Crippen LogP contribution in [-0.2, 0) is 14.4 Å². The molecule has 6 heteroatoms. The summed E-state index contributed by atoms with van der Waals surface area (Å²) >= 11 is 1.40. The van der Waals surface area contributed by atoms with E-state index in [2.05, 4.69) is 5.32 Å². The molecule has 1 aromatic rings. The lowest BCUT2D eigenvalue weighted by atomic mass is 10.2. The van der Waals surface area contributed by atoms with Gasteiger partial charge in [0.1, 0.15) is 13.1 Å². The van der Waals surface area contributed by atoms with Crippen molar-refractivity contribution in [3.05, 3.63) is 29.8 Å². The van der Waals surface area contributed by atoms with Crippen LogP contribution in [0.3, 0.4) is 0 Å². The fourth-order valence-corrected chi connectivity index (χ4v) is 2.49. The number of piperazine rings is 1. The maximum atomic E-state index is 11.9. The van der Waals surface area contributed by atoms with E-state index in [-0.39, 0.29) is 24.7 Å². The van der Waals surface area contributed by atoms with Crippen molar-refractivity contribution in [2.24, 2.45) is 0 Å². The number of carbonyl (C=O) groups excluding carboxylic acids is 3. The molecule has 0 radical (unpaired) electrons. The van der Waals surface area contributed by atoms with Gasteiger partial charge in [-0.15, -0.1) is 11.8 Å². The van der Waals surface area contributed by atoms with E-state index >= 15 is 0 Å². The summed E-state index contributed by atoms with van der Waals surface area (Å²) in [6, 6.07) is 7.85. The molecule has 1 fully saturated rings. The number of benzene rings is 1. The van der Waals surface area contributed by atoms with E-state index in [1.165, 1.54) is 16.7 Å². The van der Waals surface area contributed by atoms with Crippen LogP contribution in [0, 0.1) is 6.92 Å². The van der Waals surface area contributed by atoms with E-state index in [0.29, 0.717) is 0 Å². The second-order valence-corrected chi connectivity index (χ2v) is 5.37. The Morgan fingerprint density at radius 2 is 1.79 bits per heavy atom. The molecule has 3 amide bonds. The number of hydrogen-bond donors (Lipinski definition) is 1. The fourth-order valence-electron chi connectivity index (χ4n) is 1.68. The van der Waals surface area contributed by atoms with Crippen molar-refractivity contribution in [1.29, 1.82) is 0 Å². The van der Waals surface area contributed by atoms with Crippen molar-refractivity contribution in [1.82, 2.24) is 10.2 Å². The van der Waals surface area contributed by atoms with Gasteiger partial charge >= 0.3 is 0 Å². The standard InChI is InChI=1S/C13H14N2O3S/c1-9-2-4-10(5-3-9)19-8-13(18)15-6-11(16)14-12(17)7-15/h2-5H,6-8H2,1H3,(H,14,16,17). The maximum Gasteiger partial charge on any atom is 0.246 e. The molecule has 0 atom stereocenters. The second-order valence-electron chi connectivity index (χ2n) is 4.32. The van der Waals surface area contributed by atoms with Gasteiger partial charge in [0.15, 0.2) is 0 Å². The molecule has 1 N–H and O–H groups in total. The summed E-state index contributed by atoms with van der Waals surface area (Å²) in [5.74, 6) is -0.826. The highest BCUT2D eigenvalue weighted by Gasteiger charge is 2.25. The Morgan fingerprint density at radius 3 is 2.37 bits per heavy atom. The molecule has 100 valence electrons. The molecule has 0 bridgehead atoms. The van der Waals surface area contributed by atoms with Crippen LogP contribution in [0.2, 0.25) is 0 Å². The van der Waals surface area contributed by atoms with Crippen molar-refractivity contribution < 1.29 is 14.4 Å². The van der Waals surface area contributed by atoms with Crippen LogP contribution >= 0.6 is 11.8 Å². The van der Waals surface area contributed by atoms with E-state index in [1.54, 1.807) is 0 Å². The number of rotatable bonds is 3. The van der Waals surface area contributed by atoms with Crippen LogP contribution in [0.4, 0.5) is 0 Å². The molecular weight excluding hydrogens is 264 g/mol. The van der Waals surface area contributed by atoms with Crippen molar-refractivity contribution >= 4 is 29.5 Å². The molecule has 0 aromatic heterocycles. The average molecular weight is 278 g/mol. The maximum absolute atomic E-state index is 11.9. The van der Waals surface area contributed by atoms with E-state index in [1.807, 2.05) is 31.2 Å². The zero-order valence-electron chi connectivity index (χ0n) is 10.5. The first-order chi connectivity index (χ1) is 9.04. The molecule has 0 aliphatic carbocycles. The van der Waals surface area contributed by atoms with Gasteiger partial charge in [-0.05, 0) is 19.1 Å². The van der Waals surface area contributed by atoms with Gasteiger partial charge in [0, 0.05) is 4.90 Å². The molecule has 0 spiro atoms. The van der Waals surface area contributed by atoms with Crippen molar-refractivity contribution in [2.45, 2.75) is 11.8 Å². The normalized spacial score (nSPS) is 15.3. The minimum absolute atomic E-state index is 0.0426. The predicted molar refractivity (Wildman–Crippen MR) is 71.6 cm³/mol. The average Bonchev–Trinajstić information content (AvgIpc) is 2.36. The lowest BCUT2D eigenvalue weighted by Crippen LogP contribution is -2.53. The molecule has 1 saturated heterocycles. The van der Waals surface area contributed by atoms with E-state index < -0.39 is 11.8 Å².